The number of aromatic hydroxyl groups is 1. The molecule has 1 aromatic carbocycles. The number of phenolic OH excluding ortho intramolecular Hbond substituents is 1. The molecule has 1 amide bonds. The summed E-state index contributed by atoms with van der Waals surface area (Å²) in [6, 6.07) is 3.57. The summed E-state index contributed by atoms with van der Waals surface area (Å²) in [4.78, 5) is 23.2. The van der Waals surface area contributed by atoms with Gasteiger partial charge in [0.05, 0.1) is 25.3 Å². The number of phenols is 1. The fourth-order valence-electron chi connectivity index (χ4n) is 2.10. The van der Waals surface area contributed by atoms with Gasteiger partial charge in [-0.3, -0.25) is 10.1 Å². The molecule has 0 bridgehead atoms. The van der Waals surface area contributed by atoms with E-state index in [1.54, 1.807) is 12.1 Å². The molecule has 27 heavy (non-hydrogen) atoms. The molecule has 0 aliphatic carbocycles. The van der Waals surface area contributed by atoms with Gasteiger partial charge in [-0.15, -0.1) is 5.10 Å². The molecule has 0 spiro atoms. The lowest BCUT2D eigenvalue weighted by molar-refractivity contribution is -0.135. The maximum Gasteiger partial charge on any atom is 0.331 e. The molecule has 1 aliphatic rings. The van der Waals surface area contributed by atoms with Gasteiger partial charge in [-0.25, -0.2) is 4.79 Å². The number of nitrogens with one attached hydrogen (secondary N) is 1. The van der Waals surface area contributed by atoms with Crippen molar-refractivity contribution >= 4 is 35.0 Å². The van der Waals surface area contributed by atoms with Crippen LogP contribution in [0.25, 0.3) is 0 Å². The molecule has 9 heteroatoms. The van der Waals surface area contributed by atoms with Crippen LogP contribution in [0.15, 0.2) is 33.3 Å². The second-order valence-electron chi connectivity index (χ2n) is 6.60. The lowest BCUT2D eigenvalue weighted by Gasteiger charge is -2.21. The van der Waals surface area contributed by atoms with Crippen molar-refractivity contribution in [2.24, 2.45) is 10.2 Å². The highest BCUT2D eigenvalue weighted by atomic mass is 32.2. The summed E-state index contributed by atoms with van der Waals surface area (Å²) in [5.74, 6) is -0.806. The average molecular weight is 391 g/mol. The summed E-state index contributed by atoms with van der Waals surface area (Å²) >= 11 is 0.966. The predicted octanol–water partition coefficient (Wildman–Crippen LogP) is 2.31. The van der Waals surface area contributed by atoms with Crippen LogP contribution in [0, 0.1) is 0 Å². The van der Waals surface area contributed by atoms with Crippen LogP contribution in [0.1, 0.15) is 31.9 Å². The molecule has 1 saturated heterocycles. The van der Waals surface area contributed by atoms with E-state index in [0.717, 1.165) is 23.4 Å². The van der Waals surface area contributed by atoms with E-state index >= 15 is 0 Å². The molecule has 1 heterocycles. The fraction of sp³-hybridized carbons (Fsp3) is 0.333. The number of carbonyl (C=O) groups excluding carboxylic acids is 2. The number of benzene rings is 1. The van der Waals surface area contributed by atoms with Crippen LogP contribution in [-0.2, 0) is 19.7 Å². The molecule has 2 rings (SSSR count). The van der Waals surface area contributed by atoms with Gasteiger partial charge in [-0.2, -0.15) is 5.10 Å². The van der Waals surface area contributed by atoms with Crippen LogP contribution >= 0.6 is 11.8 Å². The van der Waals surface area contributed by atoms with Crippen LogP contribution in [0.5, 0.6) is 11.5 Å². The van der Waals surface area contributed by atoms with Crippen molar-refractivity contribution in [3.63, 3.8) is 0 Å². The fourth-order valence-corrected chi connectivity index (χ4v) is 2.84. The molecular formula is C18H21N3O5S. The Morgan fingerprint density at radius 2 is 2.00 bits per heavy atom. The van der Waals surface area contributed by atoms with E-state index in [9.17, 15) is 14.7 Å². The minimum absolute atomic E-state index is 0.0520. The maximum absolute atomic E-state index is 11.8. The first-order valence-electron chi connectivity index (χ1n) is 7.97. The number of carbonyl (C=O) groups is 2. The highest BCUT2D eigenvalue weighted by molar-refractivity contribution is 8.18. The molecule has 0 atom stereocenters. The zero-order valence-electron chi connectivity index (χ0n) is 15.7. The molecule has 8 nitrogen and oxygen atoms in total. The molecule has 2 N–H and O–H groups in total. The molecule has 0 aromatic heterocycles. The number of esters is 1. The van der Waals surface area contributed by atoms with Crippen LogP contribution < -0.4 is 10.1 Å². The first-order chi connectivity index (χ1) is 12.7. The number of ether oxygens (including phenoxy) is 2. The zero-order valence-corrected chi connectivity index (χ0v) is 16.5. The second kappa shape index (κ2) is 8.26. The van der Waals surface area contributed by atoms with Gasteiger partial charge in [0, 0.05) is 11.6 Å². The Morgan fingerprint density at radius 1 is 1.30 bits per heavy atom. The maximum atomic E-state index is 11.8. The molecule has 144 valence electrons. The Kier molecular flexibility index (Phi) is 6.27. The third kappa shape index (κ3) is 5.10. The summed E-state index contributed by atoms with van der Waals surface area (Å²) in [5.41, 5.74) is 1.24. The Hall–Kier alpha value is -2.81. The minimum atomic E-state index is -0.631. The molecule has 1 aliphatic heterocycles. The lowest BCUT2D eigenvalue weighted by atomic mass is 9.86. The van der Waals surface area contributed by atoms with E-state index in [2.05, 4.69) is 20.3 Å². The standard InChI is InChI=1S/C18H21N3O5S/c1-18(2,3)11-6-10(15(23)12(7-11)25-4)9-19-21-17-20-16(24)13(27-17)8-14(22)26-5/h6-9,23H,1-5H3,(H,20,21,24)/b13-8+,19-9?. The summed E-state index contributed by atoms with van der Waals surface area (Å²) in [7, 11) is 2.70. The number of amidine groups is 1. The summed E-state index contributed by atoms with van der Waals surface area (Å²) < 4.78 is 9.71. The van der Waals surface area contributed by atoms with Gasteiger partial charge in [0.1, 0.15) is 0 Å². The number of hydrogen-bond acceptors (Lipinski definition) is 8. The first-order valence-corrected chi connectivity index (χ1v) is 8.78. The molecule has 0 saturated carbocycles. The van der Waals surface area contributed by atoms with Gasteiger partial charge in [0.2, 0.25) is 0 Å². The summed E-state index contributed by atoms with van der Waals surface area (Å²) in [6.45, 7) is 6.12. The number of rotatable bonds is 4. The van der Waals surface area contributed by atoms with Crippen molar-refractivity contribution in [3.05, 3.63) is 34.2 Å². The van der Waals surface area contributed by atoms with Crippen molar-refractivity contribution in [2.75, 3.05) is 14.2 Å². The molecule has 1 fully saturated rings. The van der Waals surface area contributed by atoms with Crippen LogP contribution in [-0.4, -0.2) is 42.6 Å². The first kappa shape index (κ1) is 20.5. The largest absolute Gasteiger partial charge is 0.504 e. The van der Waals surface area contributed by atoms with Gasteiger partial charge in [0.25, 0.3) is 5.91 Å². The van der Waals surface area contributed by atoms with E-state index in [1.807, 2.05) is 20.8 Å². The number of methoxy groups -OCH3 is 2. The summed E-state index contributed by atoms with van der Waals surface area (Å²) in [6.07, 6.45) is 2.45. The number of thioether (sulfide) groups is 1. The average Bonchev–Trinajstić information content (AvgIpc) is 2.94. The van der Waals surface area contributed by atoms with E-state index in [4.69, 9.17) is 4.74 Å². The van der Waals surface area contributed by atoms with Gasteiger partial charge in [-0.1, -0.05) is 20.8 Å². The van der Waals surface area contributed by atoms with Crippen LogP contribution in [0.2, 0.25) is 0 Å². The van der Waals surface area contributed by atoms with Crippen LogP contribution in [0.4, 0.5) is 0 Å². The van der Waals surface area contributed by atoms with E-state index < -0.39 is 11.9 Å². The monoisotopic (exact) mass is 391 g/mol. The molecule has 1 aromatic rings. The molecule has 0 radical (unpaired) electrons. The van der Waals surface area contributed by atoms with Gasteiger partial charge in [-0.05, 0) is 34.9 Å². The zero-order chi connectivity index (χ0) is 20.2. The normalized spacial score (nSPS) is 17.6. The van der Waals surface area contributed by atoms with Gasteiger partial charge >= 0.3 is 5.97 Å². The van der Waals surface area contributed by atoms with Crippen molar-refractivity contribution < 1.29 is 24.2 Å². The van der Waals surface area contributed by atoms with Gasteiger partial charge in [0.15, 0.2) is 16.7 Å². The highest BCUT2D eigenvalue weighted by Gasteiger charge is 2.25. The van der Waals surface area contributed by atoms with Gasteiger partial charge < -0.3 is 14.6 Å². The Labute approximate surface area is 161 Å². The molecular weight excluding hydrogens is 370 g/mol. The number of nitrogens with zero attached hydrogens (tertiary/aromatic N) is 2. The van der Waals surface area contributed by atoms with Crippen molar-refractivity contribution in [2.45, 2.75) is 26.2 Å². The topological polar surface area (TPSA) is 110 Å². The number of hydrogen-bond donors (Lipinski definition) is 2. The Bertz CT molecular complexity index is 853. The SMILES string of the molecule is COC(=O)/C=C1/S/C(=N\N=Cc2cc(C(C)(C)C)cc(OC)c2O)NC1=O. The van der Waals surface area contributed by atoms with Crippen molar-refractivity contribution in [1.29, 1.82) is 0 Å². The number of amides is 1. The second-order valence-corrected chi connectivity index (χ2v) is 7.63. The predicted molar refractivity (Wildman–Crippen MR) is 104 cm³/mol. The third-order valence-corrected chi connectivity index (χ3v) is 4.54. The highest BCUT2D eigenvalue weighted by Crippen LogP contribution is 2.35. The quantitative estimate of drug-likeness (QED) is 0.353. The van der Waals surface area contributed by atoms with Crippen LogP contribution in [0.3, 0.4) is 0 Å². The third-order valence-electron chi connectivity index (χ3n) is 3.64. The van der Waals surface area contributed by atoms with Crippen molar-refractivity contribution in [3.8, 4) is 11.5 Å². The van der Waals surface area contributed by atoms with E-state index in [-0.39, 0.29) is 21.2 Å². The summed E-state index contributed by atoms with van der Waals surface area (Å²) in [5, 5.41) is 20.8. The molecule has 0 unspecified atom stereocenters. The Morgan fingerprint density at radius 3 is 2.59 bits per heavy atom. The Balaban J connectivity index is 2.26. The lowest BCUT2D eigenvalue weighted by Crippen LogP contribution is -2.19. The smallest absolute Gasteiger partial charge is 0.331 e. The van der Waals surface area contributed by atoms with E-state index in [0.29, 0.717) is 11.3 Å². The minimum Gasteiger partial charge on any atom is -0.504 e. The van der Waals surface area contributed by atoms with Crippen molar-refractivity contribution in [1.82, 2.24) is 5.32 Å². The van der Waals surface area contributed by atoms with E-state index in [1.165, 1.54) is 20.4 Å².